The van der Waals surface area contributed by atoms with Crippen molar-refractivity contribution in [1.29, 1.82) is 0 Å². The van der Waals surface area contributed by atoms with Gasteiger partial charge in [0.2, 0.25) is 11.8 Å². The van der Waals surface area contributed by atoms with Crippen LogP contribution >= 0.6 is 0 Å². The average molecular weight is 515 g/mol. The summed E-state index contributed by atoms with van der Waals surface area (Å²) in [5, 5.41) is 15.3. The Balaban J connectivity index is 1.73. The van der Waals surface area contributed by atoms with E-state index in [-0.39, 0.29) is 24.2 Å². The molecule has 3 N–H and O–H groups in total. The van der Waals surface area contributed by atoms with E-state index in [1.165, 1.54) is 0 Å². The minimum absolute atomic E-state index is 0.148. The van der Waals surface area contributed by atoms with Crippen molar-refractivity contribution in [3.8, 4) is 0 Å². The van der Waals surface area contributed by atoms with Gasteiger partial charge >= 0.3 is 0 Å². The molecule has 0 aliphatic heterocycles. The molecule has 6 heteroatoms. The molecular weight excluding hydrogens is 476 g/mol. The Labute approximate surface area is 225 Å². The number of ketones is 1. The van der Waals surface area contributed by atoms with Crippen LogP contribution in [0.15, 0.2) is 91.0 Å². The standard InChI is InChI=1S/C32H38N2O4/c1-3-23(2)31(32(38)33-28(29(36)22-35)20-19-24-13-7-4-8-14-24)34-30(37)21-27(25-15-9-5-10-16-25)26-17-11-6-12-18-26/h4-18,23,27-28,31,35H,3,19-22H2,1-2H3,(H,33,38)(H,34,37)/t23?,28-,31-/m0/s1. The summed E-state index contributed by atoms with van der Waals surface area (Å²) in [5.41, 5.74) is 3.08. The molecule has 0 radical (unpaired) electrons. The third kappa shape index (κ3) is 8.38. The molecule has 38 heavy (non-hydrogen) atoms. The number of benzene rings is 3. The largest absolute Gasteiger partial charge is 0.389 e. The maximum atomic E-state index is 13.4. The van der Waals surface area contributed by atoms with Crippen molar-refractivity contribution < 1.29 is 19.5 Å². The molecule has 0 saturated heterocycles. The van der Waals surface area contributed by atoms with E-state index in [4.69, 9.17) is 0 Å². The molecule has 1 unspecified atom stereocenters. The lowest BCUT2D eigenvalue weighted by Crippen LogP contribution is -2.54. The molecule has 0 spiro atoms. The molecule has 3 aromatic carbocycles. The molecule has 0 aromatic heterocycles. The minimum Gasteiger partial charge on any atom is -0.389 e. The van der Waals surface area contributed by atoms with E-state index < -0.39 is 30.4 Å². The van der Waals surface area contributed by atoms with Gasteiger partial charge in [0.25, 0.3) is 0 Å². The highest BCUT2D eigenvalue weighted by molar-refractivity contribution is 5.93. The summed E-state index contributed by atoms with van der Waals surface area (Å²) in [6.45, 7) is 3.21. The second-order valence-electron chi connectivity index (χ2n) is 9.72. The normalized spacial score (nSPS) is 13.4. The summed E-state index contributed by atoms with van der Waals surface area (Å²) in [7, 11) is 0. The highest BCUT2D eigenvalue weighted by Gasteiger charge is 2.30. The van der Waals surface area contributed by atoms with Crippen LogP contribution in [0.25, 0.3) is 0 Å². The summed E-state index contributed by atoms with van der Waals surface area (Å²) in [6.07, 6.45) is 1.79. The Morgan fingerprint density at radius 2 is 1.32 bits per heavy atom. The van der Waals surface area contributed by atoms with Crippen LogP contribution in [0, 0.1) is 5.92 Å². The molecule has 0 heterocycles. The molecule has 6 nitrogen and oxygen atoms in total. The van der Waals surface area contributed by atoms with Crippen molar-refractivity contribution in [2.45, 2.75) is 57.5 Å². The lowest BCUT2D eigenvalue weighted by Gasteiger charge is -2.27. The van der Waals surface area contributed by atoms with Gasteiger partial charge < -0.3 is 15.7 Å². The fourth-order valence-corrected chi connectivity index (χ4v) is 4.56. The van der Waals surface area contributed by atoms with E-state index in [9.17, 15) is 19.5 Å². The third-order valence-electron chi connectivity index (χ3n) is 7.03. The average Bonchev–Trinajstić information content (AvgIpc) is 2.97. The number of carbonyl (C=O) groups excluding carboxylic acids is 3. The molecule has 0 bridgehead atoms. The van der Waals surface area contributed by atoms with Gasteiger partial charge in [0.05, 0.1) is 6.04 Å². The van der Waals surface area contributed by atoms with Gasteiger partial charge in [-0.1, -0.05) is 111 Å². The molecule has 0 saturated carbocycles. The van der Waals surface area contributed by atoms with Crippen LogP contribution in [-0.4, -0.2) is 41.4 Å². The maximum absolute atomic E-state index is 13.4. The van der Waals surface area contributed by atoms with Crippen LogP contribution in [0.4, 0.5) is 0 Å². The maximum Gasteiger partial charge on any atom is 0.243 e. The van der Waals surface area contributed by atoms with Gasteiger partial charge in [0.15, 0.2) is 5.78 Å². The summed E-state index contributed by atoms with van der Waals surface area (Å²) in [6, 6.07) is 27.7. The van der Waals surface area contributed by atoms with Crippen molar-refractivity contribution in [3.05, 3.63) is 108 Å². The Bertz CT molecular complexity index is 1110. The smallest absolute Gasteiger partial charge is 0.243 e. The number of Topliss-reactive ketones (excluding diaryl/α,β-unsaturated/α-hetero) is 1. The van der Waals surface area contributed by atoms with Crippen molar-refractivity contribution in [2.24, 2.45) is 5.92 Å². The van der Waals surface area contributed by atoms with Gasteiger partial charge in [-0.2, -0.15) is 0 Å². The molecule has 3 aromatic rings. The van der Waals surface area contributed by atoms with E-state index in [1.807, 2.05) is 105 Å². The van der Waals surface area contributed by atoms with Crippen LogP contribution < -0.4 is 10.6 Å². The van der Waals surface area contributed by atoms with Gasteiger partial charge in [-0.15, -0.1) is 0 Å². The first kappa shape index (κ1) is 28.8. The van der Waals surface area contributed by atoms with Crippen molar-refractivity contribution >= 4 is 17.6 Å². The van der Waals surface area contributed by atoms with Crippen molar-refractivity contribution in [1.82, 2.24) is 10.6 Å². The summed E-state index contributed by atoms with van der Waals surface area (Å²) in [4.78, 5) is 39.2. The van der Waals surface area contributed by atoms with Crippen LogP contribution in [0.3, 0.4) is 0 Å². The molecule has 0 aliphatic carbocycles. The van der Waals surface area contributed by atoms with E-state index in [0.717, 1.165) is 16.7 Å². The number of hydrogen-bond acceptors (Lipinski definition) is 4. The molecule has 2 amide bonds. The molecular formula is C32H38N2O4. The topological polar surface area (TPSA) is 95.5 Å². The number of hydrogen-bond donors (Lipinski definition) is 3. The zero-order chi connectivity index (χ0) is 27.3. The first-order valence-electron chi connectivity index (χ1n) is 13.3. The number of aliphatic hydroxyl groups excluding tert-OH is 1. The lowest BCUT2D eigenvalue weighted by molar-refractivity contribution is -0.133. The highest BCUT2D eigenvalue weighted by Crippen LogP contribution is 2.28. The zero-order valence-corrected chi connectivity index (χ0v) is 22.2. The number of aliphatic hydroxyl groups is 1. The van der Waals surface area contributed by atoms with E-state index in [1.54, 1.807) is 0 Å². The van der Waals surface area contributed by atoms with Gasteiger partial charge in [-0.05, 0) is 35.4 Å². The number of amides is 2. The quantitative estimate of drug-likeness (QED) is 0.297. The van der Waals surface area contributed by atoms with Crippen LogP contribution in [0.1, 0.15) is 55.7 Å². The molecule has 200 valence electrons. The molecule has 3 atom stereocenters. The molecule has 3 rings (SSSR count). The Morgan fingerprint density at radius 3 is 1.82 bits per heavy atom. The minimum atomic E-state index is -0.836. The van der Waals surface area contributed by atoms with Crippen molar-refractivity contribution in [2.75, 3.05) is 6.61 Å². The van der Waals surface area contributed by atoms with Crippen LogP contribution in [0.5, 0.6) is 0 Å². The van der Waals surface area contributed by atoms with Gasteiger partial charge in [-0.3, -0.25) is 14.4 Å². The monoisotopic (exact) mass is 514 g/mol. The summed E-state index contributed by atoms with van der Waals surface area (Å²) >= 11 is 0. The van der Waals surface area contributed by atoms with E-state index in [0.29, 0.717) is 19.3 Å². The predicted molar refractivity (Wildman–Crippen MR) is 150 cm³/mol. The highest BCUT2D eigenvalue weighted by atomic mass is 16.3. The number of nitrogens with one attached hydrogen (secondary N) is 2. The summed E-state index contributed by atoms with van der Waals surface area (Å²) < 4.78 is 0. The second kappa shape index (κ2) is 14.8. The lowest BCUT2D eigenvalue weighted by atomic mass is 9.88. The number of carbonyl (C=O) groups is 3. The SMILES string of the molecule is CCC(C)[C@H](NC(=O)CC(c1ccccc1)c1ccccc1)C(=O)N[C@@H](CCc1ccccc1)C(=O)CO. The molecule has 0 aliphatic rings. The second-order valence-corrected chi connectivity index (χ2v) is 9.72. The van der Waals surface area contributed by atoms with Crippen LogP contribution in [0.2, 0.25) is 0 Å². The van der Waals surface area contributed by atoms with E-state index in [2.05, 4.69) is 10.6 Å². The van der Waals surface area contributed by atoms with Gasteiger partial charge in [-0.25, -0.2) is 0 Å². The predicted octanol–water partition coefficient (Wildman–Crippen LogP) is 4.42. The Kier molecular flexibility index (Phi) is 11.2. The van der Waals surface area contributed by atoms with Gasteiger partial charge in [0.1, 0.15) is 12.6 Å². The number of rotatable bonds is 14. The molecule has 0 fully saturated rings. The fourth-order valence-electron chi connectivity index (χ4n) is 4.56. The first-order valence-corrected chi connectivity index (χ1v) is 13.3. The number of aryl methyl sites for hydroxylation is 1. The third-order valence-corrected chi connectivity index (χ3v) is 7.03. The summed E-state index contributed by atoms with van der Waals surface area (Å²) in [5.74, 6) is -1.41. The zero-order valence-electron chi connectivity index (χ0n) is 22.2. The van der Waals surface area contributed by atoms with Crippen LogP contribution in [-0.2, 0) is 20.8 Å². The van der Waals surface area contributed by atoms with Crippen molar-refractivity contribution in [3.63, 3.8) is 0 Å². The van der Waals surface area contributed by atoms with Gasteiger partial charge in [0, 0.05) is 12.3 Å². The van der Waals surface area contributed by atoms with E-state index >= 15 is 0 Å². The Hall–Kier alpha value is -3.77. The first-order chi connectivity index (χ1) is 18.4. The Morgan fingerprint density at radius 1 is 0.789 bits per heavy atom. The fraction of sp³-hybridized carbons (Fsp3) is 0.344.